The number of ether oxygens (including phenoxy) is 2. The van der Waals surface area contributed by atoms with Crippen LogP contribution in [0.1, 0.15) is 26.4 Å². The lowest BCUT2D eigenvalue weighted by Crippen LogP contribution is -2.09. The second-order valence-electron chi connectivity index (χ2n) is 7.52. The standard InChI is InChI=1S/C26H15BrClNO4S/c1-14-5-4-7-16(11-14)25(30)32-20-8-3-2-6-15(20)12-19-26(31)33-24(29-19)23-22(28)18-10-9-17(27)13-21(18)34-23/h2-13H,1H3/b19-12+. The molecule has 0 saturated heterocycles. The fraction of sp³-hybridized carbons (Fsp3) is 0.0385. The van der Waals surface area contributed by atoms with Crippen LogP contribution in [0.5, 0.6) is 5.75 Å². The summed E-state index contributed by atoms with van der Waals surface area (Å²) in [6.45, 7) is 1.90. The molecule has 168 valence electrons. The van der Waals surface area contributed by atoms with Crippen LogP contribution in [0.25, 0.3) is 16.2 Å². The summed E-state index contributed by atoms with van der Waals surface area (Å²) in [7, 11) is 0. The minimum absolute atomic E-state index is 0.0868. The van der Waals surface area contributed by atoms with Crippen LogP contribution in [-0.2, 0) is 9.53 Å². The van der Waals surface area contributed by atoms with Gasteiger partial charge in [0.2, 0.25) is 5.90 Å². The van der Waals surface area contributed by atoms with E-state index in [1.54, 1.807) is 42.5 Å². The van der Waals surface area contributed by atoms with Crippen molar-refractivity contribution in [1.82, 2.24) is 0 Å². The molecule has 0 N–H and O–H groups in total. The van der Waals surface area contributed by atoms with Crippen molar-refractivity contribution in [2.45, 2.75) is 6.92 Å². The molecule has 8 heteroatoms. The van der Waals surface area contributed by atoms with Gasteiger partial charge in [-0.1, -0.05) is 69.5 Å². The molecule has 34 heavy (non-hydrogen) atoms. The molecule has 2 heterocycles. The molecule has 0 saturated carbocycles. The van der Waals surface area contributed by atoms with Gasteiger partial charge in [-0.2, -0.15) is 0 Å². The van der Waals surface area contributed by atoms with E-state index in [2.05, 4.69) is 20.9 Å². The Morgan fingerprint density at radius 3 is 2.76 bits per heavy atom. The Morgan fingerprint density at radius 2 is 1.94 bits per heavy atom. The predicted octanol–water partition coefficient (Wildman–Crippen LogP) is 7.19. The molecule has 5 rings (SSSR count). The lowest BCUT2D eigenvalue weighted by atomic mass is 10.1. The maximum absolute atomic E-state index is 12.6. The Hall–Kier alpha value is -3.26. The SMILES string of the molecule is Cc1cccc(C(=O)Oc2ccccc2/C=C2/N=C(c3sc4cc(Br)ccc4c3Cl)OC2=O)c1. The van der Waals surface area contributed by atoms with E-state index in [1.807, 2.05) is 31.2 Å². The lowest BCUT2D eigenvalue weighted by Gasteiger charge is -2.08. The minimum Gasteiger partial charge on any atom is -0.422 e. The third-order valence-corrected chi connectivity index (χ3v) is 7.21. The van der Waals surface area contributed by atoms with Gasteiger partial charge in [-0.15, -0.1) is 11.3 Å². The maximum Gasteiger partial charge on any atom is 0.363 e. The third kappa shape index (κ3) is 4.42. The number of hydrogen-bond acceptors (Lipinski definition) is 6. The summed E-state index contributed by atoms with van der Waals surface area (Å²) in [6.07, 6.45) is 1.53. The Balaban J connectivity index is 1.47. The van der Waals surface area contributed by atoms with Gasteiger partial charge in [-0.3, -0.25) is 0 Å². The number of carbonyl (C=O) groups is 2. The van der Waals surface area contributed by atoms with Crippen molar-refractivity contribution in [3.63, 3.8) is 0 Å². The van der Waals surface area contributed by atoms with Gasteiger partial charge in [0.25, 0.3) is 0 Å². The van der Waals surface area contributed by atoms with Crippen molar-refractivity contribution >= 4 is 72.9 Å². The molecular formula is C26H15BrClNO4S. The van der Waals surface area contributed by atoms with E-state index >= 15 is 0 Å². The van der Waals surface area contributed by atoms with Gasteiger partial charge in [-0.25, -0.2) is 14.6 Å². The highest BCUT2D eigenvalue weighted by Crippen LogP contribution is 2.38. The molecule has 0 unspecified atom stereocenters. The van der Waals surface area contributed by atoms with Crippen molar-refractivity contribution in [3.05, 3.63) is 103 Å². The number of fused-ring (bicyclic) bond motifs is 1. The van der Waals surface area contributed by atoms with E-state index in [0.717, 1.165) is 20.1 Å². The van der Waals surface area contributed by atoms with Crippen LogP contribution in [0.2, 0.25) is 5.02 Å². The first kappa shape index (κ1) is 22.5. The molecule has 1 aliphatic heterocycles. The Kier molecular flexibility index (Phi) is 6.08. The van der Waals surface area contributed by atoms with Crippen LogP contribution in [0.15, 0.2) is 81.9 Å². The molecule has 1 aromatic heterocycles. The fourth-order valence-electron chi connectivity index (χ4n) is 3.45. The number of halogens is 2. The third-order valence-electron chi connectivity index (χ3n) is 5.07. The average molecular weight is 553 g/mol. The van der Waals surface area contributed by atoms with E-state index in [9.17, 15) is 9.59 Å². The number of thiophene rings is 1. The summed E-state index contributed by atoms with van der Waals surface area (Å²) in [4.78, 5) is 30.2. The van der Waals surface area contributed by atoms with Gasteiger partial charge in [0.15, 0.2) is 5.70 Å². The topological polar surface area (TPSA) is 65.0 Å². The lowest BCUT2D eigenvalue weighted by molar-refractivity contribution is -0.129. The number of cyclic esters (lactones) is 1. The fourth-order valence-corrected chi connectivity index (χ4v) is 5.44. The average Bonchev–Trinajstić information content (AvgIpc) is 3.34. The van der Waals surface area contributed by atoms with E-state index in [1.165, 1.54) is 17.4 Å². The molecule has 0 amide bonds. The number of aryl methyl sites for hydroxylation is 1. The number of hydrogen-bond donors (Lipinski definition) is 0. The first-order valence-corrected chi connectivity index (χ1v) is 12.2. The number of para-hydroxylation sites is 1. The van der Waals surface area contributed by atoms with Crippen molar-refractivity contribution in [3.8, 4) is 5.75 Å². The number of esters is 2. The quantitative estimate of drug-likeness (QED) is 0.153. The van der Waals surface area contributed by atoms with Crippen molar-refractivity contribution in [2.24, 2.45) is 4.99 Å². The zero-order valence-corrected chi connectivity index (χ0v) is 20.8. The van der Waals surface area contributed by atoms with Crippen LogP contribution in [0, 0.1) is 6.92 Å². The Labute approximate surface area is 212 Å². The van der Waals surface area contributed by atoms with Crippen molar-refractivity contribution < 1.29 is 19.1 Å². The smallest absolute Gasteiger partial charge is 0.363 e. The first-order chi connectivity index (χ1) is 16.4. The number of nitrogens with zero attached hydrogens (tertiary/aromatic N) is 1. The predicted molar refractivity (Wildman–Crippen MR) is 138 cm³/mol. The van der Waals surface area contributed by atoms with Crippen LogP contribution >= 0.6 is 38.9 Å². The molecule has 0 fully saturated rings. The first-order valence-electron chi connectivity index (χ1n) is 10.2. The van der Waals surface area contributed by atoms with Gasteiger partial charge in [0.1, 0.15) is 10.6 Å². The molecule has 0 radical (unpaired) electrons. The van der Waals surface area contributed by atoms with Gasteiger partial charge in [-0.05, 0) is 43.3 Å². The van der Waals surface area contributed by atoms with Crippen molar-refractivity contribution in [1.29, 1.82) is 0 Å². The van der Waals surface area contributed by atoms with Gasteiger partial charge in [0, 0.05) is 20.1 Å². The summed E-state index contributed by atoms with van der Waals surface area (Å²) in [5, 5.41) is 1.34. The van der Waals surface area contributed by atoms with Crippen LogP contribution in [-0.4, -0.2) is 17.8 Å². The number of carbonyl (C=O) groups excluding carboxylic acids is 2. The Morgan fingerprint density at radius 1 is 1.12 bits per heavy atom. The summed E-state index contributed by atoms with van der Waals surface area (Å²) >= 11 is 11.4. The zero-order chi connectivity index (χ0) is 23.8. The highest BCUT2D eigenvalue weighted by molar-refractivity contribution is 9.10. The van der Waals surface area contributed by atoms with Gasteiger partial charge >= 0.3 is 11.9 Å². The highest BCUT2D eigenvalue weighted by atomic mass is 79.9. The summed E-state index contributed by atoms with van der Waals surface area (Å²) < 4.78 is 12.9. The second-order valence-corrected chi connectivity index (χ2v) is 9.86. The zero-order valence-electron chi connectivity index (χ0n) is 17.7. The molecule has 3 aromatic carbocycles. The van der Waals surface area contributed by atoms with Crippen LogP contribution < -0.4 is 4.74 Å². The largest absolute Gasteiger partial charge is 0.422 e. The van der Waals surface area contributed by atoms with E-state index < -0.39 is 11.9 Å². The molecule has 0 aliphatic carbocycles. The molecule has 4 aromatic rings. The van der Waals surface area contributed by atoms with E-state index in [4.69, 9.17) is 21.1 Å². The molecular weight excluding hydrogens is 538 g/mol. The molecule has 5 nitrogen and oxygen atoms in total. The minimum atomic E-state index is -0.607. The number of aliphatic imine (C=N–C) groups is 1. The summed E-state index contributed by atoms with van der Waals surface area (Å²) in [5.41, 5.74) is 2.00. The van der Waals surface area contributed by atoms with Crippen LogP contribution in [0.4, 0.5) is 0 Å². The van der Waals surface area contributed by atoms with Crippen LogP contribution in [0.3, 0.4) is 0 Å². The molecule has 0 bridgehead atoms. The summed E-state index contributed by atoms with van der Waals surface area (Å²) in [6, 6.07) is 19.8. The normalized spacial score (nSPS) is 14.4. The molecule has 0 spiro atoms. The van der Waals surface area contributed by atoms with Gasteiger partial charge < -0.3 is 9.47 Å². The number of benzene rings is 3. The molecule has 0 atom stereocenters. The van der Waals surface area contributed by atoms with Gasteiger partial charge in [0.05, 0.1) is 10.6 Å². The molecule has 1 aliphatic rings. The van der Waals surface area contributed by atoms with E-state index in [0.29, 0.717) is 26.8 Å². The Bertz CT molecular complexity index is 1540. The monoisotopic (exact) mass is 551 g/mol. The highest BCUT2D eigenvalue weighted by Gasteiger charge is 2.28. The second kappa shape index (κ2) is 9.18. The summed E-state index contributed by atoms with van der Waals surface area (Å²) in [5.74, 6) is -0.643. The van der Waals surface area contributed by atoms with E-state index in [-0.39, 0.29) is 11.6 Å². The van der Waals surface area contributed by atoms with Crippen molar-refractivity contribution in [2.75, 3.05) is 0 Å². The maximum atomic E-state index is 12.6. The number of rotatable bonds is 4.